The van der Waals surface area contributed by atoms with Crippen molar-refractivity contribution in [1.82, 2.24) is 20.4 Å². The number of amides is 1. The van der Waals surface area contributed by atoms with E-state index in [0.717, 1.165) is 44.2 Å². The summed E-state index contributed by atoms with van der Waals surface area (Å²) in [4.78, 5) is 28.5. The molecule has 9 heteroatoms. The minimum absolute atomic E-state index is 0.0363. The summed E-state index contributed by atoms with van der Waals surface area (Å²) in [6.45, 7) is 6.71. The number of benzene rings is 1. The van der Waals surface area contributed by atoms with Gasteiger partial charge in [0, 0.05) is 45.2 Å². The first kappa shape index (κ1) is 19.9. The second-order valence-electron chi connectivity index (χ2n) is 7.55. The maximum absolute atomic E-state index is 12.1. The molecule has 0 aliphatic carbocycles. The predicted octanol–water partition coefficient (Wildman–Crippen LogP) is 0.248. The highest BCUT2D eigenvalue weighted by atomic mass is 16.7. The number of fused-ring (bicyclic) bond motifs is 1. The number of rotatable bonds is 6. The van der Waals surface area contributed by atoms with Crippen LogP contribution in [0.15, 0.2) is 18.2 Å². The molecule has 1 amide bonds. The Hall–Kier alpha value is -2.36. The van der Waals surface area contributed by atoms with E-state index in [1.165, 1.54) is 5.56 Å². The summed E-state index contributed by atoms with van der Waals surface area (Å²) in [5, 5.41) is 6.37. The largest absolute Gasteiger partial charge is 0.466 e. The van der Waals surface area contributed by atoms with Crippen molar-refractivity contribution >= 4 is 11.9 Å². The summed E-state index contributed by atoms with van der Waals surface area (Å²) >= 11 is 0. The molecule has 0 saturated carbocycles. The van der Waals surface area contributed by atoms with Gasteiger partial charge in [0.15, 0.2) is 11.5 Å². The van der Waals surface area contributed by atoms with Crippen molar-refractivity contribution in [3.8, 4) is 11.5 Å². The van der Waals surface area contributed by atoms with Gasteiger partial charge in [0.2, 0.25) is 12.7 Å². The lowest BCUT2D eigenvalue weighted by Crippen LogP contribution is -2.66. The minimum atomic E-state index is -0.271. The Kier molecular flexibility index (Phi) is 6.17. The number of nitrogens with zero attached hydrogens (tertiary/aromatic N) is 2. The Morgan fingerprint density at radius 1 is 1.21 bits per heavy atom. The molecule has 0 bridgehead atoms. The average Bonchev–Trinajstić information content (AvgIpc) is 3.16. The summed E-state index contributed by atoms with van der Waals surface area (Å²) in [6, 6.07) is 5.87. The predicted molar refractivity (Wildman–Crippen MR) is 104 cm³/mol. The van der Waals surface area contributed by atoms with E-state index >= 15 is 0 Å². The number of hydrogen-bond donors (Lipinski definition) is 2. The molecule has 9 nitrogen and oxygen atoms in total. The number of carbonyl (C=O) groups excluding carboxylic acids is 2. The van der Waals surface area contributed by atoms with Crippen LogP contribution in [0.3, 0.4) is 0 Å². The molecule has 4 rings (SSSR count). The maximum atomic E-state index is 12.1. The third kappa shape index (κ3) is 4.98. The van der Waals surface area contributed by atoms with Gasteiger partial charge in [-0.05, 0) is 24.6 Å². The van der Waals surface area contributed by atoms with Crippen molar-refractivity contribution in [2.75, 3.05) is 39.6 Å². The van der Waals surface area contributed by atoms with Gasteiger partial charge in [-0.1, -0.05) is 6.07 Å². The number of hydrogen-bond acceptors (Lipinski definition) is 8. The lowest BCUT2D eigenvalue weighted by Gasteiger charge is -2.42. The first-order chi connectivity index (χ1) is 14.1. The Morgan fingerprint density at radius 2 is 2.00 bits per heavy atom. The van der Waals surface area contributed by atoms with E-state index in [4.69, 9.17) is 14.2 Å². The lowest BCUT2D eigenvalue weighted by molar-refractivity contribution is -0.144. The van der Waals surface area contributed by atoms with Gasteiger partial charge < -0.3 is 19.5 Å². The number of esters is 1. The van der Waals surface area contributed by atoms with E-state index in [9.17, 15) is 9.59 Å². The van der Waals surface area contributed by atoms with Crippen molar-refractivity contribution in [3.05, 3.63) is 23.8 Å². The van der Waals surface area contributed by atoms with Crippen molar-refractivity contribution in [2.24, 2.45) is 0 Å². The van der Waals surface area contributed by atoms with E-state index in [2.05, 4.69) is 26.5 Å². The molecule has 0 radical (unpaired) electrons. The standard InChI is InChI=1S/C20H28N4O5/c1-2-27-19(26)11-15-10-18(25)22-20(21-15)24-7-5-23(6-8-24)12-14-3-4-16-17(9-14)29-13-28-16/h3-4,9,15,20-21H,2,5-8,10-13H2,1H3,(H,22,25). The molecule has 2 N–H and O–H groups in total. The monoisotopic (exact) mass is 404 g/mol. The van der Waals surface area contributed by atoms with E-state index < -0.39 is 0 Å². The first-order valence-electron chi connectivity index (χ1n) is 10.2. The van der Waals surface area contributed by atoms with Gasteiger partial charge in [-0.25, -0.2) is 0 Å². The molecule has 2 fully saturated rings. The number of carbonyl (C=O) groups is 2. The topological polar surface area (TPSA) is 92.4 Å². The van der Waals surface area contributed by atoms with Gasteiger partial charge in [0.1, 0.15) is 6.29 Å². The summed E-state index contributed by atoms with van der Waals surface area (Å²) in [6.07, 6.45) is 0.254. The van der Waals surface area contributed by atoms with Crippen LogP contribution in [0.5, 0.6) is 11.5 Å². The van der Waals surface area contributed by atoms with Gasteiger partial charge >= 0.3 is 5.97 Å². The quantitative estimate of drug-likeness (QED) is 0.652. The number of ether oxygens (including phenoxy) is 3. The van der Waals surface area contributed by atoms with Crippen molar-refractivity contribution < 1.29 is 23.8 Å². The van der Waals surface area contributed by atoms with Crippen LogP contribution in [0.2, 0.25) is 0 Å². The third-order valence-corrected chi connectivity index (χ3v) is 5.46. The maximum Gasteiger partial charge on any atom is 0.307 e. The van der Waals surface area contributed by atoms with Crippen LogP contribution in [-0.2, 0) is 20.9 Å². The van der Waals surface area contributed by atoms with Crippen LogP contribution < -0.4 is 20.1 Å². The molecule has 2 atom stereocenters. The molecule has 0 aromatic heterocycles. The molecule has 3 aliphatic heterocycles. The van der Waals surface area contributed by atoms with Crippen molar-refractivity contribution in [3.63, 3.8) is 0 Å². The zero-order valence-corrected chi connectivity index (χ0v) is 16.7. The smallest absolute Gasteiger partial charge is 0.307 e. The third-order valence-electron chi connectivity index (χ3n) is 5.46. The van der Waals surface area contributed by atoms with E-state index in [-0.39, 0.29) is 37.4 Å². The summed E-state index contributed by atoms with van der Waals surface area (Å²) in [5.41, 5.74) is 1.20. The second-order valence-corrected chi connectivity index (χ2v) is 7.55. The fraction of sp³-hybridized carbons (Fsp3) is 0.600. The highest BCUT2D eigenvalue weighted by Gasteiger charge is 2.32. The molecular weight excluding hydrogens is 376 g/mol. The van der Waals surface area contributed by atoms with Crippen LogP contribution >= 0.6 is 0 Å². The van der Waals surface area contributed by atoms with Crippen molar-refractivity contribution in [2.45, 2.75) is 38.6 Å². The van der Waals surface area contributed by atoms with Crippen LogP contribution in [-0.4, -0.2) is 73.6 Å². The zero-order valence-electron chi connectivity index (χ0n) is 16.7. The Labute approximate surface area is 170 Å². The fourth-order valence-corrected chi connectivity index (χ4v) is 3.99. The molecule has 3 aliphatic rings. The van der Waals surface area contributed by atoms with Crippen molar-refractivity contribution in [1.29, 1.82) is 0 Å². The SMILES string of the molecule is CCOC(=O)CC1CC(=O)NC(N2CCN(Cc3ccc4c(c3)OCO4)CC2)N1. The van der Waals surface area contributed by atoms with Crippen LogP contribution in [0, 0.1) is 0 Å². The molecule has 0 spiro atoms. The van der Waals surface area contributed by atoms with Crippen LogP contribution in [0.4, 0.5) is 0 Å². The fourth-order valence-electron chi connectivity index (χ4n) is 3.99. The molecule has 158 valence electrons. The lowest BCUT2D eigenvalue weighted by atomic mass is 10.1. The Balaban J connectivity index is 1.27. The second kappa shape index (κ2) is 8.98. The number of nitrogens with one attached hydrogen (secondary N) is 2. The molecule has 2 saturated heterocycles. The van der Waals surface area contributed by atoms with E-state index in [0.29, 0.717) is 13.0 Å². The summed E-state index contributed by atoms with van der Waals surface area (Å²) < 4.78 is 15.8. The summed E-state index contributed by atoms with van der Waals surface area (Å²) in [5.74, 6) is 1.30. The number of piperazine rings is 1. The van der Waals surface area contributed by atoms with E-state index in [1.807, 2.05) is 12.1 Å². The van der Waals surface area contributed by atoms with Gasteiger partial charge in [-0.15, -0.1) is 0 Å². The average molecular weight is 404 g/mol. The highest BCUT2D eigenvalue weighted by molar-refractivity contribution is 5.79. The van der Waals surface area contributed by atoms with Crippen LogP contribution in [0.1, 0.15) is 25.3 Å². The zero-order chi connectivity index (χ0) is 20.2. The Morgan fingerprint density at radius 3 is 2.79 bits per heavy atom. The molecular formula is C20H28N4O5. The van der Waals surface area contributed by atoms with Gasteiger partial charge in [0.05, 0.1) is 13.0 Å². The highest BCUT2D eigenvalue weighted by Crippen LogP contribution is 2.32. The molecule has 2 unspecified atom stereocenters. The Bertz CT molecular complexity index is 750. The van der Waals surface area contributed by atoms with Crippen LogP contribution in [0.25, 0.3) is 0 Å². The molecule has 1 aromatic carbocycles. The molecule has 29 heavy (non-hydrogen) atoms. The molecule has 3 heterocycles. The van der Waals surface area contributed by atoms with Gasteiger partial charge in [-0.3, -0.25) is 24.7 Å². The molecule has 1 aromatic rings. The summed E-state index contributed by atoms with van der Waals surface area (Å²) in [7, 11) is 0. The minimum Gasteiger partial charge on any atom is -0.466 e. The van der Waals surface area contributed by atoms with Gasteiger partial charge in [0.25, 0.3) is 0 Å². The normalized spacial score (nSPS) is 24.9. The van der Waals surface area contributed by atoms with Gasteiger partial charge in [-0.2, -0.15) is 0 Å². The first-order valence-corrected chi connectivity index (χ1v) is 10.2. The van der Waals surface area contributed by atoms with E-state index in [1.54, 1.807) is 6.92 Å².